The van der Waals surface area contributed by atoms with Crippen LogP contribution in [-0.4, -0.2) is 59.9 Å². The SMILES string of the molecule is C/C=C(\c1c(C)ncnc1N1CCN(C(=O)OC(C)(C)C)CC1)C1CC1.CCCc1cccc(OC)c1. The average Bonchev–Trinajstić information content (AvgIpc) is 3.71. The number of carbonyl (C=O) groups is 1. The number of methoxy groups -OCH3 is 1. The van der Waals surface area contributed by atoms with Gasteiger partial charge in [0, 0.05) is 31.7 Å². The predicted octanol–water partition coefficient (Wildman–Crippen LogP) is 6.30. The molecule has 0 unspecified atom stereocenters. The fourth-order valence-electron chi connectivity index (χ4n) is 4.56. The highest BCUT2D eigenvalue weighted by atomic mass is 16.6. The van der Waals surface area contributed by atoms with Gasteiger partial charge in [-0.1, -0.05) is 31.6 Å². The minimum Gasteiger partial charge on any atom is -0.497 e. The maximum atomic E-state index is 12.3. The number of rotatable bonds is 6. The highest BCUT2D eigenvalue weighted by Gasteiger charge is 2.32. The summed E-state index contributed by atoms with van der Waals surface area (Å²) in [5, 5.41) is 0. The van der Waals surface area contributed by atoms with Crippen LogP contribution in [0.3, 0.4) is 0 Å². The highest BCUT2D eigenvalue weighted by Crippen LogP contribution is 2.44. The lowest BCUT2D eigenvalue weighted by Gasteiger charge is -2.37. The quantitative estimate of drug-likeness (QED) is 0.456. The Morgan fingerprint density at radius 2 is 1.84 bits per heavy atom. The third kappa shape index (κ3) is 8.20. The van der Waals surface area contributed by atoms with Gasteiger partial charge in [0.25, 0.3) is 0 Å². The highest BCUT2D eigenvalue weighted by molar-refractivity contribution is 5.78. The number of anilines is 1. The van der Waals surface area contributed by atoms with Crippen molar-refractivity contribution >= 4 is 17.5 Å². The molecular weight excluding hydrogens is 464 g/mol. The van der Waals surface area contributed by atoms with Crippen molar-refractivity contribution in [3.63, 3.8) is 0 Å². The summed E-state index contributed by atoms with van der Waals surface area (Å²) in [4.78, 5) is 25.4. The molecule has 37 heavy (non-hydrogen) atoms. The molecule has 7 heteroatoms. The molecule has 1 aromatic carbocycles. The molecule has 1 saturated carbocycles. The molecule has 0 bridgehead atoms. The van der Waals surface area contributed by atoms with E-state index in [1.807, 2.05) is 32.9 Å². The van der Waals surface area contributed by atoms with Crippen LogP contribution in [0.5, 0.6) is 5.75 Å². The number of hydrogen-bond donors (Lipinski definition) is 0. The lowest BCUT2D eigenvalue weighted by molar-refractivity contribution is 0.0240. The van der Waals surface area contributed by atoms with Crippen molar-refractivity contribution in [3.05, 3.63) is 53.5 Å². The number of aryl methyl sites for hydroxylation is 2. The van der Waals surface area contributed by atoms with Crippen LogP contribution in [0, 0.1) is 12.8 Å². The van der Waals surface area contributed by atoms with Crippen LogP contribution in [0.4, 0.5) is 10.6 Å². The van der Waals surface area contributed by atoms with E-state index in [2.05, 4.69) is 53.8 Å². The van der Waals surface area contributed by atoms with Crippen molar-refractivity contribution in [1.29, 1.82) is 0 Å². The number of nitrogens with zero attached hydrogens (tertiary/aromatic N) is 4. The molecule has 1 aromatic heterocycles. The van der Waals surface area contributed by atoms with Gasteiger partial charge in [-0.25, -0.2) is 14.8 Å². The molecule has 202 valence electrons. The molecule has 0 N–H and O–H groups in total. The van der Waals surface area contributed by atoms with E-state index in [1.165, 1.54) is 36.0 Å². The molecule has 1 saturated heterocycles. The van der Waals surface area contributed by atoms with Crippen molar-refractivity contribution in [2.24, 2.45) is 5.92 Å². The topological polar surface area (TPSA) is 67.8 Å². The van der Waals surface area contributed by atoms with Crippen LogP contribution < -0.4 is 9.64 Å². The van der Waals surface area contributed by atoms with Gasteiger partial charge in [0.2, 0.25) is 0 Å². The van der Waals surface area contributed by atoms with Crippen molar-refractivity contribution in [2.75, 3.05) is 38.2 Å². The summed E-state index contributed by atoms with van der Waals surface area (Å²) in [5.74, 6) is 2.60. The van der Waals surface area contributed by atoms with E-state index in [1.54, 1.807) is 18.3 Å². The second-order valence-corrected chi connectivity index (χ2v) is 10.7. The fraction of sp³-hybridized carbons (Fsp3) is 0.567. The van der Waals surface area contributed by atoms with Crippen molar-refractivity contribution in [2.45, 2.75) is 72.8 Å². The van der Waals surface area contributed by atoms with Crippen LogP contribution in [0.15, 0.2) is 36.7 Å². The van der Waals surface area contributed by atoms with Crippen molar-refractivity contribution < 1.29 is 14.3 Å². The van der Waals surface area contributed by atoms with Crippen LogP contribution in [0.2, 0.25) is 0 Å². The van der Waals surface area contributed by atoms with Crippen LogP contribution in [-0.2, 0) is 11.2 Å². The molecule has 2 aliphatic rings. The van der Waals surface area contributed by atoms with Crippen molar-refractivity contribution in [3.8, 4) is 5.75 Å². The maximum absolute atomic E-state index is 12.3. The van der Waals surface area contributed by atoms with Gasteiger partial charge in [0.05, 0.1) is 12.8 Å². The molecule has 4 rings (SSSR count). The summed E-state index contributed by atoms with van der Waals surface area (Å²) in [7, 11) is 1.70. The molecule has 7 nitrogen and oxygen atoms in total. The molecule has 2 fully saturated rings. The van der Waals surface area contributed by atoms with Gasteiger partial charge in [-0.2, -0.15) is 0 Å². The zero-order valence-corrected chi connectivity index (χ0v) is 23.7. The zero-order valence-electron chi connectivity index (χ0n) is 23.7. The van der Waals surface area contributed by atoms with E-state index in [0.29, 0.717) is 19.0 Å². The van der Waals surface area contributed by atoms with E-state index in [9.17, 15) is 4.79 Å². The summed E-state index contributed by atoms with van der Waals surface area (Å²) in [6.07, 6.45) is 8.45. The number of hydrogen-bond acceptors (Lipinski definition) is 6. The molecule has 1 aliphatic carbocycles. The van der Waals surface area contributed by atoms with E-state index in [-0.39, 0.29) is 6.09 Å². The molecule has 0 atom stereocenters. The first-order valence-electron chi connectivity index (χ1n) is 13.5. The van der Waals surface area contributed by atoms with Crippen LogP contribution >= 0.6 is 0 Å². The Kier molecular flexibility index (Phi) is 9.95. The fourth-order valence-corrected chi connectivity index (χ4v) is 4.56. The normalized spacial score (nSPS) is 16.1. The van der Waals surface area contributed by atoms with Crippen molar-refractivity contribution in [1.82, 2.24) is 14.9 Å². The van der Waals surface area contributed by atoms with Gasteiger partial charge in [-0.15, -0.1) is 0 Å². The lowest BCUT2D eigenvalue weighted by atomic mass is 9.99. The number of allylic oxidation sites excluding steroid dienone is 2. The van der Waals surface area contributed by atoms with E-state index in [4.69, 9.17) is 9.47 Å². The molecule has 2 aromatic rings. The first kappa shape index (κ1) is 28.5. The van der Waals surface area contributed by atoms with Crippen LogP contribution in [0.1, 0.15) is 70.7 Å². The first-order valence-corrected chi connectivity index (χ1v) is 13.5. The Morgan fingerprint density at radius 3 is 2.41 bits per heavy atom. The summed E-state index contributed by atoms with van der Waals surface area (Å²) in [5.41, 5.74) is 4.48. The minimum atomic E-state index is -0.462. The number of carbonyl (C=O) groups excluding carboxylic acids is 1. The van der Waals surface area contributed by atoms with E-state index >= 15 is 0 Å². The Bertz CT molecular complexity index is 1060. The monoisotopic (exact) mass is 508 g/mol. The van der Waals surface area contributed by atoms with Gasteiger partial charge in [-0.05, 0) is 83.1 Å². The molecule has 1 aliphatic heterocycles. The Morgan fingerprint density at radius 1 is 1.14 bits per heavy atom. The maximum Gasteiger partial charge on any atom is 0.410 e. The molecule has 0 radical (unpaired) electrons. The van der Waals surface area contributed by atoms with Crippen LogP contribution in [0.25, 0.3) is 5.57 Å². The van der Waals surface area contributed by atoms with Gasteiger partial charge >= 0.3 is 6.09 Å². The zero-order chi connectivity index (χ0) is 27.0. The molecule has 2 heterocycles. The van der Waals surface area contributed by atoms with E-state index < -0.39 is 5.60 Å². The second kappa shape index (κ2) is 12.9. The summed E-state index contributed by atoms with van der Waals surface area (Å²) >= 11 is 0. The molecule has 1 amide bonds. The number of ether oxygens (including phenoxy) is 2. The Balaban J connectivity index is 0.000000289. The number of amides is 1. The van der Waals surface area contributed by atoms with E-state index in [0.717, 1.165) is 36.8 Å². The molecular formula is C30H44N4O3. The first-order chi connectivity index (χ1) is 17.7. The third-order valence-corrected chi connectivity index (χ3v) is 6.54. The predicted molar refractivity (Wildman–Crippen MR) is 150 cm³/mol. The Labute approximate surface area is 222 Å². The standard InChI is InChI=1S/C20H30N4O2.C10H14O/c1-6-16(15-7-8-15)17-14(2)21-13-22-18(17)23-9-11-24(12-10-23)19(25)26-20(3,4)5;1-3-5-9-6-4-7-10(8-9)11-2/h6,13,15H,7-12H2,1-5H3;4,6-8H,3,5H2,1-2H3/b16-6-;. The summed E-state index contributed by atoms with van der Waals surface area (Å²) in [6, 6.07) is 8.22. The van der Waals surface area contributed by atoms with Gasteiger partial charge in [0.15, 0.2) is 0 Å². The molecule has 0 spiro atoms. The minimum absolute atomic E-state index is 0.233. The number of benzene rings is 1. The number of aromatic nitrogens is 2. The number of piperazine rings is 1. The Hall–Kier alpha value is -3.09. The smallest absolute Gasteiger partial charge is 0.410 e. The average molecular weight is 509 g/mol. The van der Waals surface area contributed by atoms with Gasteiger partial charge < -0.3 is 19.3 Å². The second-order valence-electron chi connectivity index (χ2n) is 10.7. The summed E-state index contributed by atoms with van der Waals surface area (Å²) in [6.45, 7) is 14.8. The largest absolute Gasteiger partial charge is 0.497 e. The van der Waals surface area contributed by atoms with Gasteiger partial charge in [0.1, 0.15) is 23.5 Å². The van der Waals surface area contributed by atoms with Gasteiger partial charge in [-0.3, -0.25) is 0 Å². The summed E-state index contributed by atoms with van der Waals surface area (Å²) < 4.78 is 10.6. The lowest BCUT2D eigenvalue weighted by Crippen LogP contribution is -2.50. The third-order valence-electron chi connectivity index (χ3n) is 6.54.